The van der Waals surface area contributed by atoms with Gasteiger partial charge in [-0.1, -0.05) is 0 Å². The Morgan fingerprint density at radius 3 is 2.67 bits per heavy atom. The van der Waals surface area contributed by atoms with Gasteiger partial charge in [0.05, 0.1) is 5.92 Å². The highest BCUT2D eigenvalue weighted by atomic mass is 16.9. The Labute approximate surface area is 152 Å². The maximum Gasteiger partial charge on any atom is 0.311 e. The van der Waals surface area contributed by atoms with Crippen LogP contribution in [-0.4, -0.2) is 82.5 Å². The van der Waals surface area contributed by atoms with Crippen LogP contribution >= 0.6 is 0 Å². The van der Waals surface area contributed by atoms with E-state index in [1.165, 1.54) is 13.8 Å². The molecule has 1 spiro atoms. The molecule has 4 unspecified atom stereocenters. The van der Waals surface area contributed by atoms with E-state index < -0.39 is 72.2 Å². The molecule has 0 aromatic carbocycles. The van der Waals surface area contributed by atoms with E-state index in [1.807, 2.05) is 0 Å². The highest BCUT2D eigenvalue weighted by molar-refractivity contribution is 5.81. The van der Waals surface area contributed by atoms with E-state index in [1.54, 1.807) is 0 Å². The van der Waals surface area contributed by atoms with Crippen molar-refractivity contribution in [1.29, 1.82) is 0 Å². The van der Waals surface area contributed by atoms with Crippen molar-refractivity contribution in [3.63, 3.8) is 0 Å². The molecular formula is C15H19N3O9. The average Bonchev–Trinajstić information content (AvgIpc) is 2.71. The first-order valence-electron chi connectivity index (χ1n) is 8.50. The van der Waals surface area contributed by atoms with Crippen molar-refractivity contribution in [2.75, 3.05) is 6.61 Å². The molecule has 0 amide bonds. The number of aliphatic imine (C=N–C) groups is 1. The standard InChI is InChI=1S/C15H19N3O9/c1-4(19)23-3-13(25-5(2)20)8-6-10-17-12(16)18-14(6)7(21)9(13)27-15(22,26-8)11(14)24-10/h6-11,21-22H,3H2,1-2H3,(H3,16,17,18)/t6?,7-,8?,9?,10-,11-,13+,14-,15?/m1/s1. The second-order valence-electron chi connectivity index (χ2n) is 7.49. The molecule has 6 aliphatic rings. The Balaban J connectivity index is 1.68. The molecule has 0 aromatic heterocycles. The minimum Gasteiger partial charge on any atom is -0.461 e. The van der Waals surface area contributed by atoms with Crippen molar-refractivity contribution in [1.82, 2.24) is 5.32 Å². The van der Waals surface area contributed by atoms with Gasteiger partial charge in [0.25, 0.3) is 0 Å². The van der Waals surface area contributed by atoms with Gasteiger partial charge in [0.1, 0.15) is 30.5 Å². The number of nitrogens with zero attached hydrogens (tertiary/aromatic N) is 1. The van der Waals surface area contributed by atoms with Crippen LogP contribution in [0, 0.1) is 5.92 Å². The lowest BCUT2D eigenvalue weighted by Gasteiger charge is -2.68. The van der Waals surface area contributed by atoms with E-state index in [4.69, 9.17) is 29.4 Å². The number of aliphatic hydroxyl groups is 2. The van der Waals surface area contributed by atoms with Gasteiger partial charge in [-0.25, -0.2) is 4.99 Å². The van der Waals surface area contributed by atoms with Crippen LogP contribution in [0.1, 0.15) is 13.8 Å². The average molecular weight is 385 g/mol. The molecule has 148 valence electrons. The first-order valence-corrected chi connectivity index (χ1v) is 8.50. The molecule has 0 radical (unpaired) electrons. The van der Waals surface area contributed by atoms with Crippen LogP contribution in [0.4, 0.5) is 0 Å². The summed E-state index contributed by atoms with van der Waals surface area (Å²) >= 11 is 0. The molecule has 12 nitrogen and oxygen atoms in total. The van der Waals surface area contributed by atoms with E-state index in [0.29, 0.717) is 0 Å². The molecule has 27 heavy (non-hydrogen) atoms. The van der Waals surface area contributed by atoms with Crippen molar-refractivity contribution < 1.29 is 43.5 Å². The van der Waals surface area contributed by atoms with Gasteiger partial charge < -0.3 is 44.9 Å². The van der Waals surface area contributed by atoms with E-state index in [-0.39, 0.29) is 5.96 Å². The molecule has 7 bridgehead atoms. The number of guanidine groups is 1. The third-order valence-corrected chi connectivity index (χ3v) is 6.00. The summed E-state index contributed by atoms with van der Waals surface area (Å²) in [6, 6.07) is 0. The van der Waals surface area contributed by atoms with Crippen LogP contribution in [0.15, 0.2) is 4.99 Å². The summed E-state index contributed by atoms with van der Waals surface area (Å²) in [6.45, 7) is 1.93. The molecule has 4 saturated heterocycles. The van der Waals surface area contributed by atoms with Gasteiger partial charge in [0.2, 0.25) is 5.60 Å². The van der Waals surface area contributed by atoms with E-state index in [2.05, 4.69) is 10.3 Å². The smallest absolute Gasteiger partial charge is 0.311 e. The van der Waals surface area contributed by atoms with E-state index >= 15 is 0 Å². The van der Waals surface area contributed by atoms with Crippen LogP contribution in [0.5, 0.6) is 0 Å². The number of nitrogens with one attached hydrogen (secondary N) is 1. The van der Waals surface area contributed by atoms with Gasteiger partial charge in [-0.05, 0) is 0 Å². The lowest BCUT2D eigenvalue weighted by Crippen LogP contribution is -2.93. The molecule has 12 heteroatoms. The lowest BCUT2D eigenvalue weighted by atomic mass is 9.56. The van der Waals surface area contributed by atoms with Gasteiger partial charge in [0, 0.05) is 13.8 Å². The van der Waals surface area contributed by atoms with Crippen LogP contribution in [0.3, 0.4) is 0 Å². The Morgan fingerprint density at radius 2 is 2.00 bits per heavy atom. The first-order chi connectivity index (χ1) is 12.6. The van der Waals surface area contributed by atoms with E-state index in [9.17, 15) is 19.8 Å². The highest BCUT2D eigenvalue weighted by Gasteiger charge is 2.88. The second-order valence-corrected chi connectivity index (χ2v) is 7.49. The molecule has 5 aliphatic heterocycles. The minimum absolute atomic E-state index is 0.0430. The zero-order chi connectivity index (χ0) is 19.4. The topological polar surface area (TPSA) is 171 Å². The third-order valence-electron chi connectivity index (χ3n) is 6.00. The molecule has 5 N–H and O–H groups in total. The number of carbonyl (C=O) groups is 2. The number of esters is 2. The number of nitrogens with two attached hydrogens (primary N) is 1. The maximum atomic E-state index is 11.9. The molecule has 1 aliphatic carbocycles. The van der Waals surface area contributed by atoms with Crippen molar-refractivity contribution >= 4 is 17.9 Å². The number of ether oxygens (including phenoxy) is 5. The number of carbonyl (C=O) groups excluding carboxylic acids is 2. The van der Waals surface area contributed by atoms with Crippen LogP contribution in [0.25, 0.3) is 0 Å². The van der Waals surface area contributed by atoms with E-state index in [0.717, 1.165) is 0 Å². The summed E-state index contributed by atoms with van der Waals surface area (Å²) in [5.74, 6) is -4.17. The van der Waals surface area contributed by atoms with Gasteiger partial charge in [-0.15, -0.1) is 0 Å². The fraction of sp³-hybridized carbons (Fsp3) is 0.800. The zero-order valence-electron chi connectivity index (χ0n) is 14.4. The molecule has 5 heterocycles. The number of hydrogen-bond donors (Lipinski definition) is 4. The Hall–Kier alpha value is -1.99. The quantitative estimate of drug-likeness (QED) is 0.358. The number of hydrogen-bond acceptors (Lipinski definition) is 12. The van der Waals surface area contributed by atoms with Crippen molar-refractivity contribution in [3.8, 4) is 0 Å². The second kappa shape index (κ2) is 4.89. The Kier molecular flexibility index (Phi) is 3.10. The van der Waals surface area contributed by atoms with Crippen molar-refractivity contribution in [2.24, 2.45) is 16.6 Å². The minimum atomic E-state index is -2.22. The van der Waals surface area contributed by atoms with Crippen LogP contribution < -0.4 is 11.1 Å². The lowest BCUT2D eigenvalue weighted by molar-refractivity contribution is -0.528. The van der Waals surface area contributed by atoms with Crippen LogP contribution in [0.2, 0.25) is 0 Å². The summed E-state index contributed by atoms with van der Waals surface area (Å²) in [7, 11) is 0. The predicted octanol–water partition coefficient (Wildman–Crippen LogP) is -3.33. The Morgan fingerprint density at radius 1 is 1.30 bits per heavy atom. The number of rotatable bonds is 3. The fourth-order valence-corrected chi connectivity index (χ4v) is 5.24. The summed E-state index contributed by atoms with van der Waals surface area (Å²) in [5.41, 5.74) is 2.88. The predicted molar refractivity (Wildman–Crippen MR) is 81.5 cm³/mol. The number of aliphatic hydroxyl groups excluding tert-OH is 1. The Bertz CT molecular complexity index is 776. The summed E-state index contributed by atoms with van der Waals surface area (Å²) in [4.78, 5) is 27.5. The third kappa shape index (κ3) is 1.82. The summed E-state index contributed by atoms with van der Waals surface area (Å²) < 4.78 is 27.8. The zero-order valence-corrected chi connectivity index (χ0v) is 14.4. The molecule has 9 atom stereocenters. The normalized spacial score (nSPS) is 53.6. The molecule has 5 fully saturated rings. The van der Waals surface area contributed by atoms with Crippen molar-refractivity contribution in [2.45, 2.75) is 61.6 Å². The molecule has 1 saturated carbocycles. The fourth-order valence-electron chi connectivity index (χ4n) is 5.24. The first kappa shape index (κ1) is 17.1. The highest BCUT2D eigenvalue weighted by Crippen LogP contribution is 2.64. The maximum absolute atomic E-state index is 11.9. The van der Waals surface area contributed by atoms with Gasteiger partial charge >= 0.3 is 17.9 Å². The monoisotopic (exact) mass is 385 g/mol. The van der Waals surface area contributed by atoms with Gasteiger partial charge in [-0.3, -0.25) is 9.59 Å². The molecule has 6 rings (SSSR count). The van der Waals surface area contributed by atoms with Gasteiger partial charge in [-0.2, -0.15) is 0 Å². The largest absolute Gasteiger partial charge is 0.461 e. The summed E-state index contributed by atoms with van der Waals surface area (Å²) in [6.07, 6.45) is -5.63. The van der Waals surface area contributed by atoms with Crippen molar-refractivity contribution in [3.05, 3.63) is 0 Å². The molecular weight excluding hydrogens is 366 g/mol. The van der Waals surface area contributed by atoms with Crippen LogP contribution in [-0.2, 0) is 33.3 Å². The molecule has 0 aromatic rings. The summed E-state index contributed by atoms with van der Waals surface area (Å²) in [5, 5.41) is 25.0. The SMILES string of the molecule is CC(=O)OC[C@]1(OC(C)=O)C2OC3(O)OC1[C@@H](O)[C@@]14NC(N)=N[C@H](O[C@@H]31)C24. The van der Waals surface area contributed by atoms with Gasteiger partial charge in [0.15, 0.2) is 18.3 Å².